The second kappa shape index (κ2) is 9.46. The summed E-state index contributed by atoms with van der Waals surface area (Å²) < 4.78 is 5.28. The van der Waals surface area contributed by atoms with Crippen LogP contribution in [0.5, 0.6) is 0 Å². The molecule has 0 bridgehead atoms. The lowest BCUT2D eigenvalue weighted by atomic mass is 10.1. The highest BCUT2D eigenvalue weighted by molar-refractivity contribution is 6.40. The summed E-state index contributed by atoms with van der Waals surface area (Å²) in [6.45, 7) is 3.82. The number of benzene rings is 2. The molecule has 0 atom stereocenters. The molecule has 2 rings (SSSR count). The van der Waals surface area contributed by atoms with Crippen LogP contribution in [-0.2, 0) is 4.74 Å². The maximum atomic E-state index is 13.3. The zero-order valence-electron chi connectivity index (χ0n) is 15.0. The molecule has 0 radical (unpaired) electrons. The van der Waals surface area contributed by atoms with E-state index in [2.05, 4.69) is 0 Å². The van der Waals surface area contributed by atoms with E-state index in [1.165, 1.54) is 4.90 Å². The van der Waals surface area contributed by atoms with E-state index in [1.807, 2.05) is 38.1 Å². The van der Waals surface area contributed by atoms with Gasteiger partial charge in [0, 0.05) is 11.3 Å². The van der Waals surface area contributed by atoms with Gasteiger partial charge in [0.15, 0.2) is 0 Å². The molecule has 0 unspecified atom stereocenters. The van der Waals surface area contributed by atoms with Crippen LogP contribution in [0.1, 0.15) is 30.6 Å². The maximum Gasteiger partial charge on any atom is 0.262 e. The minimum absolute atomic E-state index is 0.222. The average Bonchev–Trinajstić information content (AvgIpc) is 2.64. The van der Waals surface area contributed by atoms with E-state index in [9.17, 15) is 4.79 Å². The van der Waals surface area contributed by atoms with E-state index in [0.29, 0.717) is 32.8 Å². The lowest BCUT2D eigenvalue weighted by molar-refractivity contribution is 0.0995. The van der Waals surface area contributed by atoms with Gasteiger partial charge in [-0.3, -0.25) is 9.69 Å². The SMILES string of the molecule is CC/C=C(\C=C(/C)OC)N(C(=O)c1ccccc1)c1c(Cl)cccc1Cl. The minimum atomic E-state index is -0.222. The van der Waals surface area contributed by atoms with E-state index in [-0.39, 0.29) is 5.91 Å². The maximum absolute atomic E-state index is 13.3. The number of methoxy groups -OCH3 is 1. The number of allylic oxidation sites excluding steroid dienone is 3. The topological polar surface area (TPSA) is 29.5 Å². The Morgan fingerprint density at radius 2 is 1.69 bits per heavy atom. The Morgan fingerprint density at radius 3 is 2.23 bits per heavy atom. The van der Waals surface area contributed by atoms with Gasteiger partial charge in [0.25, 0.3) is 5.91 Å². The number of anilines is 1. The number of hydrogen-bond acceptors (Lipinski definition) is 2. The third-order valence-electron chi connectivity index (χ3n) is 3.73. The Morgan fingerprint density at radius 1 is 1.08 bits per heavy atom. The van der Waals surface area contributed by atoms with Crippen LogP contribution in [0.2, 0.25) is 10.0 Å². The molecule has 0 N–H and O–H groups in total. The van der Waals surface area contributed by atoms with Crippen LogP contribution in [0.15, 0.2) is 72.1 Å². The van der Waals surface area contributed by atoms with E-state index in [4.69, 9.17) is 27.9 Å². The first kappa shape index (κ1) is 20.1. The van der Waals surface area contributed by atoms with Crippen LogP contribution in [-0.4, -0.2) is 13.0 Å². The van der Waals surface area contributed by atoms with Gasteiger partial charge in [0.1, 0.15) is 0 Å². The number of halogens is 2. The molecule has 1 amide bonds. The third-order valence-corrected chi connectivity index (χ3v) is 4.34. The number of hydrogen-bond donors (Lipinski definition) is 0. The molecule has 5 heteroatoms. The van der Waals surface area contributed by atoms with Crippen molar-refractivity contribution in [3.8, 4) is 0 Å². The Hall–Kier alpha value is -2.23. The van der Waals surface area contributed by atoms with E-state index < -0.39 is 0 Å². The van der Waals surface area contributed by atoms with Gasteiger partial charge >= 0.3 is 0 Å². The number of carbonyl (C=O) groups is 1. The highest BCUT2D eigenvalue weighted by Gasteiger charge is 2.25. The van der Waals surface area contributed by atoms with Crippen LogP contribution >= 0.6 is 23.2 Å². The molecule has 0 spiro atoms. The molecule has 2 aromatic rings. The van der Waals surface area contributed by atoms with Crippen molar-refractivity contribution < 1.29 is 9.53 Å². The zero-order chi connectivity index (χ0) is 19.1. The van der Waals surface area contributed by atoms with Crippen molar-refractivity contribution in [2.45, 2.75) is 20.3 Å². The van der Waals surface area contributed by atoms with Gasteiger partial charge in [-0.1, -0.05) is 60.5 Å². The van der Waals surface area contributed by atoms with Gasteiger partial charge in [-0.2, -0.15) is 0 Å². The summed E-state index contributed by atoms with van der Waals surface area (Å²) >= 11 is 12.8. The normalized spacial score (nSPS) is 12.0. The molecule has 26 heavy (non-hydrogen) atoms. The van der Waals surface area contributed by atoms with Crippen molar-refractivity contribution in [1.29, 1.82) is 0 Å². The van der Waals surface area contributed by atoms with E-state index in [1.54, 1.807) is 43.5 Å². The Bertz CT molecular complexity index is 809. The quantitative estimate of drug-likeness (QED) is 0.417. The van der Waals surface area contributed by atoms with Crippen molar-refractivity contribution in [2.75, 3.05) is 12.0 Å². The van der Waals surface area contributed by atoms with Crippen molar-refractivity contribution >= 4 is 34.8 Å². The van der Waals surface area contributed by atoms with Crippen LogP contribution in [0.25, 0.3) is 0 Å². The number of nitrogens with zero attached hydrogens (tertiary/aromatic N) is 1. The Kier molecular flexibility index (Phi) is 7.31. The second-order valence-electron chi connectivity index (χ2n) is 5.57. The van der Waals surface area contributed by atoms with Gasteiger partial charge in [-0.15, -0.1) is 0 Å². The van der Waals surface area contributed by atoms with E-state index in [0.717, 1.165) is 6.42 Å². The molecule has 0 fully saturated rings. The molecule has 0 saturated heterocycles. The van der Waals surface area contributed by atoms with Crippen molar-refractivity contribution in [1.82, 2.24) is 0 Å². The molecular formula is C21H21Cl2NO2. The predicted octanol–water partition coefficient (Wildman–Crippen LogP) is 6.48. The number of ether oxygens (including phenoxy) is 1. The first-order chi connectivity index (χ1) is 12.5. The summed E-state index contributed by atoms with van der Waals surface area (Å²) in [6, 6.07) is 14.2. The highest BCUT2D eigenvalue weighted by Crippen LogP contribution is 2.37. The van der Waals surface area contributed by atoms with Crippen LogP contribution in [0.3, 0.4) is 0 Å². The average molecular weight is 390 g/mol. The third kappa shape index (κ3) is 4.69. The van der Waals surface area contributed by atoms with E-state index >= 15 is 0 Å². The molecule has 0 aromatic heterocycles. The van der Waals surface area contributed by atoms with Crippen molar-refractivity contribution in [2.24, 2.45) is 0 Å². The summed E-state index contributed by atoms with van der Waals surface area (Å²) in [7, 11) is 1.58. The molecule has 0 aliphatic carbocycles. The van der Waals surface area contributed by atoms with Crippen LogP contribution < -0.4 is 4.90 Å². The fourth-order valence-electron chi connectivity index (χ4n) is 2.45. The highest BCUT2D eigenvalue weighted by atomic mass is 35.5. The predicted molar refractivity (Wildman–Crippen MR) is 109 cm³/mol. The summed E-state index contributed by atoms with van der Waals surface area (Å²) in [6.07, 6.45) is 4.45. The van der Waals surface area contributed by atoms with Gasteiger partial charge in [-0.25, -0.2) is 0 Å². The molecule has 0 saturated carbocycles. The van der Waals surface area contributed by atoms with Gasteiger partial charge < -0.3 is 4.74 Å². The number of amides is 1. The van der Waals surface area contributed by atoms with Crippen LogP contribution in [0, 0.1) is 0 Å². The number of rotatable bonds is 6. The van der Waals surface area contributed by atoms with Crippen LogP contribution in [0.4, 0.5) is 5.69 Å². The largest absolute Gasteiger partial charge is 0.501 e. The monoisotopic (exact) mass is 389 g/mol. The smallest absolute Gasteiger partial charge is 0.262 e. The Labute approximate surface area is 164 Å². The lowest BCUT2D eigenvalue weighted by Crippen LogP contribution is -2.30. The summed E-state index contributed by atoms with van der Waals surface area (Å²) in [5.74, 6) is 0.444. The number of carbonyl (C=O) groups excluding carboxylic acids is 1. The second-order valence-corrected chi connectivity index (χ2v) is 6.39. The molecule has 2 aromatic carbocycles. The van der Waals surface area contributed by atoms with Gasteiger partial charge in [0.2, 0.25) is 0 Å². The fourth-order valence-corrected chi connectivity index (χ4v) is 3.02. The minimum Gasteiger partial charge on any atom is -0.501 e. The molecule has 0 aliphatic rings. The zero-order valence-corrected chi connectivity index (χ0v) is 16.5. The van der Waals surface area contributed by atoms with Crippen molar-refractivity contribution in [3.05, 3.63) is 87.7 Å². The molecule has 0 aliphatic heterocycles. The first-order valence-corrected chi connectivity index (χ1v) is 9.01. The fraction of sp³-hybridized carbons (Fsp3) is 0.190. The molecular weight excluding hydrogens is 369 g/mol. The summed E-state index contributed by atoms with van der Waals surface area (Å²) in [5.41, 5.74) is 1.63. The van der Waals surface area contributed by atoms with Crippen molar-refractivity contribution in [3.63, 3.8) is 0 Å². The Balaban J connectivity index is 2.69. The molecule has 136 valence electrons. The van der Waals surface area contributed by atoms with Gasteiger partial charge in [0.05, 0.1) is 28.6 Å². The molecule has 0 heterocycles. The number of para-hydroxylation sites is 1. The first-order valence-electron chi connectivity index (χ1n) is 8.25. The molecule has 3 nitrogen and oxygen atoms in total. The summed E-state index contributed by atoms with van der Waals surface area (Å²) in [5, 5.41) is 0.791. The summed E-state index contributed by atoms with van der Waals surface area (Å²) in [4.78, 5) is 14.9. The van der Waals surface area contributed by atoms with Gasteiger partial charge in [-0.05, 0) is 43.7 Å². The lowest BCUT2D eigenvalue weighted by Gasteiger charge is -2.26. The standard InChI is InChI=1S/C21H21Cl2NO2/c1-4-9-17(14-15(2)26-3)24(20-18(22)12-8-13-19(20)23)21(25)16-10-6-5-7-11-16/h5-14H,4H2,1-3H3/b15-14+,17-9+.